The second kappa shape index (κ2) is 7.37. The molecule has 0 amide bonds. The van der Waals surface area contributed by atoms with Crippen LogP contribution in [0.3, 0.4) is 0 Å². The number of rotatable bonds is 7. The highest BCUT2D eigenvalue weighted by atomic mass is 14.6. The molecule has 0 aliphatic rings. The number of hydrogen-bond acceptors (Lipinski definition) is 1. The van der Waals surface area contributed by atoms with E-state index in [4.69, 9.17) is 5.73 Å². The van der Waals surface area contributed by atoms with Crippen LogP contribution in [0.5, 0.6) is 0 Å². The molecule has 0 aliphatic carbocycles. The molecule has 0 bridgehead atoms. The molecule has 0 fully saturated rings. The van der Waals surface area contributed by atoms with Crippen molar-refractivity contribution in [3.05, 3.63) is 0 Å². The summed E-state index contributed by atoms with van der Waals surface area (Å²) in [5, 5.41) is 0. The lowest BCUT2D eigenvalue weighted by atomic mass is 9.91. The molecule has 0 spiro atoms. The van der Waals surface area contributed by atoms with E-state index in [0.717, 1.165) is 5.92 Å². The van der Waals surface area contributed by atoms with Gasteiger partial charge in [0.15, 0.2) is 0 Å². The predicted molar refractivity (Wildman–Crippen MR) is 60.7 cm³/mol. The summed E-state index contributed by atoms with van der Waals surface area (Å²) in [4.78, 5) is 0. The summed E-state index contributed by atoms with van der Waals surface area (Å²) >= 11 is 0. The van der Waals surface area contributed by atoms with Crippen LogP contribution in [-0.4, -0.2) is 6.04 Å². The molecule has 2 unspecified atom stereocenters. The van der Waals surface area contributed by atoms with E-state index in [9.17, 15) is 0 Å². The summed E-state index contributed by atoms with van der Waals surface area (Å²) in [5.74, 6) is 1.44. The lowest BCUT2D eigenvalue weighted by Gasteiger charge is -2.20. The Morgan fingerprint density at radius 3 is 2.15 bits per heavy atom. The van der Waals surface area contributed by atoms with Gasteiger partial charge >= 0.3 is 0 Å². The molecule has 0 saturated carbocycles. The van der Waals surface area contributed by atoms with Crippen LogP contribution in [0.4, 0.5) is 0 Å². The summed E-state index contributed by atoms with van der Waals surface area (Å²) in [6.07, 6.45) is 6.63. The van der Waals surface area contributed by atoms with Crippen LogP contribution in [0.1, 0.15) is 59.8 Å². The normalized spacial score (nSPS) is 16.2. The molecular weight excluding hydrogens is 158 g/mol. The minimum atomic E-state index is 0.400. The Morgan fingerprint density at radius 2 is 1.69 bits per heavy atom. The van der Waals surface area contributed by atoms with Gasteiger partial charge < -0.3 is 5.73 Å². The Hall–Kier alpha value is -0.0400. The van der Waals surface area contributed by atoms with Crippen LogP contribution >= 0.6 is 0 Å². The van der Waals surface area contributed by atoms with Gasteiger partial charge in [0.05, 0.1) is 0 Å². The van der Waals surface area contributed by atoms with Gasteiger partial charge in [-0.05, 0) is 18.3 Å². The van der Waals surface area contributed by atoms with Crippen LogP contribution < -0.4 is 5.73 Å². The third kappa shape index (κ3) is 7.06. The zero-order valence-electron chi connectivity index (χ0n) is 9.84. The minimum absolute atomic E-state index is 0.400. The Morgan fingerprint density at radius 1 is 1.08 bits per heavy atom. The third-order valence-electron chi connectivity index (χ3n) is 2.83. The lowest BCUT2D eigenvalue weighted by molar-refractivity contribution is 0.367. The van der Waals surface area contributed by atoms with Crippen molar-refractivity contribution in [1.29, 1.82) is 0 Å². The van der Waals surface area contributed by atoms with Crippen molar-refractivity contribution < 1.29 is 0 Å². The summed E-state index contributed by atoms with van der Waals surface area (Å²) in [5.41, 5.74) is 6.02. The largest absolute Gasteiger partial charge is 0.327 e. The molecular formula is C12H27N. The lowest BCUT2D eigenvalue weighted by Crippen LogP contribution is -2.28. The van der Waals surface area contributed by atoms with Gasteiger partial charge in [0.25, 0.3) is 0 Å². The van der Waals surface area contributed by atoms with Crippen molar-refractivity contribution in [1.82, 2.24) is 0 Å². The van der Waals surface area contributed by atoms with Crippen molar-refractivity contribution in [2.24, 2.45) is 17.6 Å². The first-order valence-electron chi connectivity index (χ1n) is 5.83. The van der Waals surface area contributed by atoms with Gasteiger partial charge in [-0.1, -0.05) is 53.4 Å². The van der Waals surface area contributed by atoms with Gasteiger partial charge in [-0.3, -0.25) is 0 Å². The molecule has 1 heteroatoms. The summed E-state index contributed by atoms with van der Waals surface area (Å²) in [6.45, 7) is 9.01. The fourth-order valence-corrected chi connectivity index (χ4v) is 1.60. The van der Waals surface area contributed by atoms with Crippen molar-refractivity contribution in [2.45, 2.75) is 65.8 Å². The third-order valence-corrected chi connectivity index (χ3v) is 2.83. The molecule has 0 saturated heterocycles. The molecule has 80 valence electrons. The van der Waals surface area contributed by atoms with E-state index >= 15 is 0 Å². The summed E-state index contributed by atoms with van der Waals surface area (Å²) in [6, 6.07) is 0.400. The van der Waals surface area contributed by atoms with Crippen molar-refractivity contribution in [2.75, 3.05) is 0 Å². The fraction of sp³-hybridized carbons (Fsp3) is 1.00. The van der Waals surface area contributed by atoms with Crippen LogP contribution in [0, 0.1) is 11.8 Å². The first-order valence-corrected chi connectivity index (χ1v) is 5.83. The van der Waals surface area contributed by atoms with Crippen LogP contribution in [0.25, 0.3) is 0 Å². The van der Waals surface area contributed by atoms with Crippen LogP contribution in [-0.2, 0) is 0 Å². The molecule has 0 aliphatic heterocycles. The van der Waals surface area contributed by atoms with Gasteiger partial charge in [-0.25, -0.2) is 0 Å². The number of nitrogens with two attached hydrogens (primary N) is 1. The van der Waals surface area contributed by atoms with E-state index in [2.05, 4.69) is 27.7 Å². The van der Waals surface area contributed by atoms with E-state index in [1.807, 2.05) is 0 Å². The first-order chi connectivity index (χ1) is 6.07. The SMILES string of the molecule is CCCCCC(C)CC(N)C(C)C. The molecule has 0 radical (unpaired) electrons. The zero-order chi connectivity index (χ0) is 10.3. The highest BCUT2D eigenvalue weighted by Gasteiger charge is 2.11. The van der Waals surface area contributed by atoms with E-state index in [1.165, 1.54) is 32.1 Å². The van der Waals surface area contributed by atoms with Crippen molar-refractivity contribution >= 4 is 0 Å². The monoisotopic (exact) mass is 185 g/mol. The highest BCUT2D eigenvalue weighted by molar-refractivity contribution is 4.68. The van der Waals surface area contributed by atoms with E-state index < -0.39 is 0 Å². The van der Waals surface area contributed by atoms with E-state index in [-0.39, 0.29) is 0 Å². The van der Waals surface area contributed by atoms with Gasteiger partial charge in [-0.15, -0.1) is 0 Å². The predicted octanol–water partition coefficient (Wildman–Crippen LogP) is 3.58. The van der Waals surface area contributed by atoms with Crippen LogP contribution in [0.2, 0.25) is 0 Å². The average molecular weight is 185 g/mol. The Kier molecular flexibility index (Phi) is 7.35. The van der Waals surface area contributed by atoms with Crippen molar-refractivity contribution in [3.63, 3.8) is 0 Å². The van der Waals surface area contributed by atoms with Crippen molar-refractivity contribution in [3.8, 4) is 0 Å². The van der Waals surface area contributed by atoms with Gasteiger partial charge in [-0.2, -0.15) is 0 Å². The summed E-state index contributed by atoms with van der Waals surface area (Å²) < 4.78 is 0. The topological polar surface area (TPSA) is 26.0 Å². The zero-order valence-corrected chi connectivity index (χ0v) is 9.84. The molecule has 0 aromatic heterocycles. The first kappa shape index (κ1) is 13.0. The molecule has 0 aromatic carbocycles. The molecule has 1 nitrogen and oxygen atoms in total. The Labute approximate surface area is 84.1 Å². The standard InChI is InChI=1S/C12H27N/c1-5-6-7-8-11(4)9-12(13)10(2)3/h10-12H,5-9,13H2,1-4H3. The minimum Gasteiger partial charge on any atom is -0.327 e. The molecule has 2 N–H and O–H groups in total. The molecule has 0 heterocycles. The number of hydrogen-bond donors (Lipinski definition) is 1. The van der Waals surface area contributed by atoms with Crippen LogP contribution in [0.15, 0.2) is 0 Å². The maximum atomic E-state index is 6.02. The Balaban J connectivity index is 3.43. The smallest absolute Gasteiger partial charge is 0.00644 e. The maximum absolute atomic E-state index is 6.02. The molecule has 0 aromatic rings. The second-order valence-corrected chi connectivity index (χ2v) is 4.74. The maximum Gasteiger partial charge on any atom is 0.00644 e. The molecule has 0 rings (SSSR count). The number of unbranched alkanes of at least 4 members (excludes halogenated alkanes) is 2. The van der Waals surface area contributed by atoms with Gasteiger partial charge in [0.2, 0.25) is 0 Å². The molecule has 2 atom stereocenters. The second-order valence-electron chi connectivity index (χ2n) is 4.74. The quantitative estimate of drug-likeness (QED) is 0.603. The van der Waals surface area contributed by atoms with Gasteiger partial charge in [0, 0.05) is 6.04 Å². The molecule has 13 heavy (non-hydrogen) atoms. The van der Waals surface area contributed by atoms with Gasteiger partial charge in [0.1, 0.15) is 0 Å². The highest BCUT2D eigenvalue weighted by Crippen LogP contribution is 2.17. The van der Waals surface area contributed by atoms with E-state index in [0.29, 0.717) is 12.0 Å². The average Bonchev–Trinajstić information content (AvgIpc) is 2.04. The Bertz CT molecular complexity index is 110. The fourth-order valence-electron chi connectivity index (χ4n) is 1.60. The summed E-state index contributed by atoms with van der Waals surface area (Å²) in [7, 11) is 0. The van der Waals surface area contributed by atoms with E-state index in [1.54, 1.807) is 0 Å².